The minimum atomic E-state index is 0.298. The second-order valence-corrected chi connectivity index (χ2v) is 4.67. The number of aromatic amines is 1. The van der Waals surface area contributed by atoms with Gasteiger partial charge in [0.2, 0.25) is 0 Å². The number of phenols is 1. The minimum absolute atomic E-state index is 0.298. The molecule has 84 valence electrons. The van der Waals surface area contributed by atoms with Gasteiger partial charge in [0.05, 0.1) is 11.2 Å². The van der Waals surface area contributed by atoms with Crippen LogP contribution >= 0.6 is 0 Å². The van der Waals surface area contributed by atoms with E-state index in [2.05, 4.69) is 10.2 Å². The molecule has 0 amide bonds. The molecule has 1 aliphatic carbocycles. The molecule has 3 heteroatoms. The van der Waals surface area contributed by atoms with Gasteiger partial charge in [0.25, 0.3) is 0 Å². The van der Waals surface area contributed by atoms with E-state index < -0.39 is 0 Å². The third kappa shape index (κ3) is 1.56. The molecular weight excluding hydrogens is 200 g/mol. The van der Waals surface area contributed by atoms with E-state index in [9.17, 15) is 5.11 Å². The molecule has 0 atom stereocenters. The van der Waals surface area contributed by atoms with Gasteiger partial charge in [0.1, 0.15) is 5.75 Å². The number of nitrogens with one attached hydrogen (secondary N) is 1. The van der Waals surface area contributed by atoms with Crippen molar-refractivity contribution in [1.29, 1.82) is 0 Å². The summed E-state index contributed by atoms with van der Waals surface area (Å²) in [7, 11) is 0. The Morgan fingerprint density at radius 2 is 2.00 bits per heavy atom. The highest BCUT2D eigenvalue weighted by Gasteiger charge is 2.20. The number of rotatable bonds is 1. The third-order valence-corrected chi connectivity index (χ3v) is 3.57. The highest BCUT2D eigenvalue weighted by molar-refractivity contribution is 5.83. The highest BCUT2D eigenvalue weighted by Crippen LogP contribution is 2.35. The summed E-state index contributed by atoms with van der Waals surface area (Å²) < 4.78 is 0. The monoisotopic (exact) mass is 216 g/mol. The SMILES string of the molecule is Oc1ccc2c(C3CCCCC3)n[nH]c2c1. The van der Waals surface area contributed by atoms with Crippen molar-refractivity contribution in [1.82, 2.24) is 10.2 Å². The van der Waals surface area contributed by atoms with Gasteiger partial charge in [-0.25, -0.2) is 0 Å². The fourth-order valence-electron chi connectivity index (χ4n) is 2.72. The maximum absolute atomic E-state index is 9.40. The van der Waals surface area contributed by atoms with Crippen LogP contribution in [0.4, 0.5) is 0 Å². The van der Waals surface area contributed by atoms with Crippen molar-refractivity contribution < 1.29 is 5.11 Å². The molecule has 1 saturated carbocycles. The molecular formula is C13H16N2O. The lowest BCUT2D eigenvalue weighted by Gasteiger charge is -2.19. The largest absolute Gasteiger partial charge is 0.508 e. The molecule has 0 unspecified atom stereocenters. The molecule has 0 spiro atoms. The van der Waals surface area contributed by atoms with Gasteiger partial charge in [-0.15, -0.1) is 0 Å². The third-order valence-electron chi connectivity index (χ3n) is 3.57. The molecule has 2 N–H and O–H groups in total. The predicted molar refractivity (Wildman–Crippen MR) is 63.6 cm³/mol. The summed E-state index contributed by atoms with van der Waals surface area (Å²) in [5.74, 6) is 0.901. The van der Waals surface area contributed by atoms with E-state index in [1.165, 1.54) is 43.2 Å². The zero-order valence-electron chi connectivity index (χ0n) is 9.24. The van der Waals surface area contributed by atoms with Crippen LogP contribution in [0.5, 0.6) is 5.75 Å². The number of hydrogen-bond donors (Lipinski definition) is 2. The van der Waals surface area contributed by atoms with Crippen molar-refractivity contribution >= 4 is 10.9 Å². The molecule has 1 aromatic carbocycles. The van der Waals surface area contributed by atoms with Gasteiger partial charge in [0, 0.05) is 17.4 Å². The summed E-state index contributed by atoms with van der Waals surface area (Å²) in [4.78, 5) is 0. The molecule has 3 rings (SSSR count). The van der Waals surface area contributed by atoms with E-state index >= 15 is 0 Å². The number of hydrogen-bond acceptors (Lipinski definition) is 2. The van der Waals surface area contributed by atoms with Gasteiger partial charge in [-0.1, -0.05) is 19.3 Å². The normalized spacial score (nSPS) is 18.0. The van der Waals surface area contributed by atoms with Crippen molar-refractivity contribution in [2.45, 2.75) is 38.0 Å². The van der Waals surface area contributed by atoms with Crippen LogP contribution in [0, 0.1) is 0 Å². The molecule has 2 aromatic rings. The van der Waals surface area contributed by atoms with Crippen LogP contribution in [-0.4, -0.2) is 15.3 Å². The van der Waals surface area contributed by atoms with E-state index in [1.54, 1.807) is 12.1 Å². The van der Waals surface area contributed by atoms with Crippen LogP contribution in [0.3, 0.4) is 0 Å². The Balaban J connectivity index is 2.03. The zero-order chi connectivity index (χ0) is 11.0. The zero-order valence-corrected chi connectivity index (χ0v) is 9.24. The first-order chi connectivity index (χ1) is 7.84. The molecule has 1 aromatic heterocycles. The molecule has 1 heterocycles. The lowest BCUT2D eigenvalue weighted by molar-refractivity contribution is 0.438. The van der Waals surface area contributed by atoms with E-state index in [1.807, 2.05) is 6.07 Å². The molecule has 1 fully saturated rings. The molecule has 1 aliphatic rings. The van der Waals surface area contributed by atoms with Gasteiger partial charge in [-0.3, -0.25) is 5.10 Å². The van der Waals surface area contributed by atoms with Gasteiger partial charge < -0.3 is 5.11 Å². The first kappa shape index (κ1) is 9.70. The van der Waals surface area contributed by atoms with E-state index in [0.29, 0.717) is 11.7 Å². The van der Waals surface area contributed by atoms with Gasteiger partial charge in [0.15, 0.2) is 0 Å². The maximum Gasteiger partial charge on any atom is 0.117 e. The molecule has 3 nitrogen and oxygen atoms in total. The van der Waals surface area contributed by atoms with Crippen molar-refractivity contribution in [2.75, 3.05) is 0 Å². The second kappa shape index (κ2) is 3.81. The fourth-order valence-corrected chi connectivity index (χ4v) is 2.72. The average molecular weight is 216 g/mol. The summed E-state index contributed by atoms with van der Waals surface area (Å²) in [6, 6.07) is 5.46. The first-order valence-electron chi connectivity index (χ1n) is 6.01. The van der Waals surface area contributed by atoms with E-state index in [4.69, 9.17) is 0 Å². The Bertz CT molecular complexity index is 498. The lowest BCUT2D eigenvalue weighted by atomic mass is 9.86. The Labute approximate surface area is 94.5 Å². The smallest absolute Gasteiger partial charge is 0.117 e. The molecule has 0 bridgehead atoms. The van der Waals surface area contributed by atoms with Gasteiger partial charge >= 0.3 is 0 Å². The summed E-state index contributed by atoms with van der Waals surface area (Å²) in [5.41, 5.74) is 2.13. The number of fused-ring (bicyclic) bond motifs is 1. The van der Waals surface area contributed by atoms with Crippen LogP contribution in [0.1, 0.15) is 43.7 Å². The van der Waals surface area contributed by atoms with Crippen LogP contribution in [-0.2, 0) is 0 Å². The van der Waals surface area contributed by atoms with Crippen LogP contribution in [0.25, 0.3) is 10.9 Å². The molecule has 16 heavy (non-hydrogen) atoms. The van der Waals surface area contributed by atoms with Crippen molar-refractivity contribution in [2.24, 2.45) is 0 Å². The minimum Gasteiger partial charge on any atom is -0.508 e. The van der Waals surface area contributed by atoms with E-state index in [-0.39, 0.29) is 0 Å². The number of benzene rings is 1. The Kier molecular flexibility index (Phi) is 2.31. The van der Waals surface area contributed by atoms with Crippen LogP contribution < -0.4 is 0 Å². The van der Waals surface area contributed by atoms with E-state index in [0.717, 1.165) is 5.52 Å². The number of nitrogens with zero attached hydrogens (tertiary/aromatic N) is 1. The second-order valence-electron chi connectivity index (χ2n) is 4.67. The number of phenolic OH excluding ortho intramolecular Hbond substituents is 1. The molecule has 0 saturated heterocycles. The molecule has 0 radical (unpaired) electrons. The Morgan fingerprint density at radius 3 is 2.81 bits per heavy atom. The Hall–Kier alpha value is -1.51. The number of aromatic hydroxyl groups is 1. The maximum atomic E-state index is 9.40. The fraction of sp³-hybridized carbons (Fsp3) is 0.462. The summed E-state index contributed by atoms with van der Waals surface area (Å²) >= 11 is 0. The summed E-state index contributed by atoms with van der Waals surface area (Å²) in [6.45, 7) is 0. The van der Waals surface area contributed by atoms with Crippen molar-refractivity contribution in [3.63, 3.8) is 0 Å². The number of aromatic nitrogens is 2. The topological polar surface area (TPSA) is 48.9 Å². The van der Waals surface area contributed by atoms with Crippen LogP contribution in [0.2, 0.25) is 0 Å². The standard InChI is InChI=1S/C13H16N2O/c16-10-6-7-11-12(8-10)14-15-13(11)9-4-2-1-3-5-9/h6-9,16H,1-5H2,(H,14,15). The van der Waals surface area contributed by atoms with Crippen LogP contribution in [0.15, 0.2) is 18.2 Å². The first-order valence-corrected chi connectivity index (χ1v) is 6.01. The molecule has 0 aliphatic heterocycles. The lowest BCUT2D eigenvalue weighted by Crippen LogP contribution is -2.05. The van der Waals surface area contributed by atoms with Crippen molar-refractivity contribution in [3.8, 4) is 5.75 Å². The van der Waals surface area contributed by atoms with Gasteiger partial charge in [-0.05, 0) is 25.0 Å². The summed E-state index contributed by atoms with van der Waals surface area (Å²) in [5, 5.41) is 18.0. The quantitative estimate of drug-likeness (QED) is 0.768. The number of H-pyrrole nitrogens is 1. The van der Waals surface area contributed by atoms with Gasteiger partial charge in [-0.2, -0.15) is 5.10 Å². The summed E-state index contributed by atoms with van der Waals surface area (Å²) in [6.07, 6.45) is 6.50. The highest BCUT2D eigenvalue weighted by atomic mass is 16.3. The average Bonchev–Trinajstić information content (AvgIpc) is 2.73. The predicted octanol–water partition coefficient (Wildman–Crippen LogP) is 3.32. The van der Waals surface area contributed by atoms with Crippen molar-refractivity contribution in [3.05, 3.63) is 23.9 Å². The Morgan fingerprint density at radius 1 is 1.19 bits per heavy atom.